The maximum atomic E-state index is 13.6. The number of anilines is 1. The van der Waals surface area contributed by atoms with E-state index in [4.69, 9.17) is 11.6 Å². The Hall–Kier alpha value is -1.61. The molecule has 0 saturated heterocycles. The Morgan fingerprint density at radius 3 is 2.94 bits per heavy atom. The first-order valence-corrected chi connectivity index (χ1v) is 5.63. The summed E-state index contributed by atoms with van der Waals surface area (Å²) < 4.78 is 13.6. The molecular weight excluding hydrogens is 239 g/mol. The molecule has 2 nitrogen and oxygen atoms in total. The van der Waals surface area contributed by atoms with E-state index in [2.05, 4.69) is 10.3 Å². The molecule has 0 atom stereocenters. The lowest BCUT2D eigenvalue weighted by Crippen LogP contribution is -2.02. The van der Waals surface area contributed by atoms with Crippen LogP contribution in [0.2, 0.25) is 5.02 Å². The molecule has 0 aliphatic rings. The standard InChI is InChI=1S/C13H12ClFN2/c1-9-5-10(7-16-6-9)8-17-12-4-2-3-11(14)13(12)15/h2-7,17H,8H2,1H3. The predicted molar refractivity (Wildman–Crippen MR) is 67.7 cm³/mol. The molecule has 0 radical (unpaired) electrons. The topological polar surface area (TPSA) is 24.9 Å². The predicted octanol–water partition coefficient (Wildman–Crippen LogP) is 3.79. The lowest BCUT2D eigenvalue weighted by molar-refractivity contribution is 0.630. The van der Waals surface area contributed by atoms with Crippen LogP contribution in [-0.2, 0) is 6.54 Å². The van der Waals surface area contributed by atoms with Crippen LogP contribution >= 0.6 is 11.6 Å². The van der Waals surface area contributed by atoms with Crippen LogP contribution in [0.3, 0.4) is 0 Å². The molecule has 2 aromatic rings. The van der Waals surface area contributed by atoms with Crippen molar-refractivity contribution in [2.24, 2.45) is 0 Å². The van der Waals surface area contributed by atoms with Gasteiger partial charge in [-0.3, -0.25) is 4.98 Å². The molecule has 0 fully saturated rings. The molecule has 0 aliphatic carbocycles. The Morgan fingerprint density at radius 1 is 1.35 bits per heavy atom. The molecule has 0 unspecified atom stereocenters. The summed E-state index contributed by atoms with van der Waals surface area (Å²) >= 11 is 5.69. The van der Waals surface area contributed by atoms with Gasteiger partial charge in [0.25, 0.3) is 0 Å². The van der Waals surface area contributed by atoms with Crippen molar-refractivity contribution in [3.63, 3.8) is 0 Å². The summed E-state index contributed by atoms with van der Waals surface area (Å²) in [6.07, 6.45) is 3.53. The quantitative estimate of drug-likeness (QED) is 0.896. The molecule has 4 heteroatoms. The first kappa shape index (κ1) is 11.9. The summed E-state index contributed by atoms with van der Waals surface area (Å²) in [7, 11) is 0. The van der Waals surface area contributed by atoms with E-state index in [1.165, 1.54) is 6.07 Å². The molecule has 0 saturated carbocycles. The summed E-state index contributed by atoms with van der Waals surface area (Å²) in [5.41, 5.74) is 2.49. The highest BCUT2D eigenvalue weighted by Crippen LogP contribution is 2.22. The van der Waals surface area contributed by atoms with Crippen molar-refractivity contribution in [3.8, 4) is 0 Å². The van der Waals surface area contributed by atoms with Crippen LogP contribution in [0.5, 0.6) is 0 Å². The van der Waals surface area contributed by atoms with Gasteiger partial charge in [-0.25, -0.2) is 4.39 Å². The van der Waals surface area contributed by atoms with Crippen molar-refractivity contribution in [3.05, 3.63) is 58.6 Å². The molecule has 17 heavy (non-hydrogen) atoms. The van der Waals surface area contributed by atoms with Gasteiger partial charge in [0.2, 0.25) is 0 Å². The largest absolute Gasteiger partial charge is 0.378 e. The van der Waals surface area contributed by atoms with Crippen LogP contribution in [0.1, 0.15) is 11.1 Å². The number of halogens is 2. The smallest absolute Gasteiger partial charge is 0.164 e. The number of benzene rings is 1. The molecular formula is C13H12ClFN2. The van der Waals surface area contributed by atoms with Gasteiger partial charge in [0.15, 0.2) is 5.82 Å². The van der Waals surface area contributed by atoms with Crippen molar-refractivity contribution in [1.29, 1.82) is 0 Å². The average Bonchev–Trinajstić information content (AvgIpc) is 2.31. The zero-order valence-corrected chi connectivity index (χ0v) is 10.1. The fourth-order valence-electron chi connectivity index (χ4n) is 1.55. The minimum Gasteiger partial charge on any atom is -0.378 e. The van der Waals surface area contributed by atoms with Crippen LogP contribution < -0.4 is 5.32 Å². The van der Waals surface area contributed by atoms with Crippen LogP contribution in [0.25, 0.3) is 0 Å². The van der Waals surface area contributed by atoms with Crippen LogP contribution in [0.4, 0.5) is 10.1 Å². The monoisotopic (exact) mass is 250 g/mol. The van der Waals surface area contributed by atoms with E-state index in [1.807, 2.05) is 13.0 Å². The maximum absolute atomic E-state index is 13.6. The number of nitrogens with one attached hydrogen (secondary N) is 1. The first-order chi connectivity index (χ1) is 8.16. The zero-order chi connectivity index (χ0) is 12.3. The first-order valence-electron chi connectivity index (χ1n) is 5.25. The number of hydrogen-bond donors (Lipinski definition) is 1. The highest BCUT2D eigenvalue weighted by Gasteiger charge is 2.05. The van der Waals surface area contributed by atoms with Gasteiger partial charge in [0.1, 0.15) is 0 Å². The van der Waals surface area contributed by atoms with Gasteiger partial charge in [-0.05, 0) is 30.2 Å². The van der Waals surface area contributed by atoms with E-state index in [-0.39, 0.29) is 5.02 Å². The Balaban J connectivity index is 2.10. The molecule has 0 amide bonds. The van der Waals surface area contributed by atoms with Crippen molar-refractivity contribution in [1.82, 2.24) is 4.98 Å². The average molecular weight is 251 g/mol. The number of aromatic nitrogens is 1. The minimum absolute atomic E-state index is 0.123. The highest BCUT2D eigenvalue weighted by atomic mass is 35.5. The fraction of sp³-hybridized carbons (Fsp3) is 0.154. The van der Waals surface area contributed by atoms with Crippen LogP contribution in [0, 0.1) is 12.7 Å². The number of nitrogens with zero attached hydrogens (tertiary/aromatic N) is 1. The van der Waals surface area contributed by atoms with Gasteiger partial charge in [0, 0.05) is 18.9 Å². The second-order valence-corrected chi connectivity index (χ2v) is 4.23. The molecule has 1 aromatic carbocycles. The zero-order valence-electron chi connectivity index (χ0n) is 9.37. The Morgan fingerprint density at radius 2 is 2.18 bits per heavy atom. The third kappa shape index (κ3) is 2.94. The van der Waals surface area contributed by atoms with E-state index in [1.54, 1.807) is 24.5 Å². The fourth-order valence-corrected chi connectivity index (χ4v) is 1.73. The molecule has 2 rings (SSSR count). The molecule has 1 aromatic heterocycles. The number of hydrogen-bond acceptors (Lipinski definition) is 2. The second kappa shape index (κ2) is 5.15. The van der Waals surface area contributed by atoms with Crippen molar-refractivity contribution < 1.29 is 4.39 Å². The lowest BCUT2D eigenvalue weighted by Gasteiger charge is -2.08. The molecule has 0 aliphatic heterocycles. The van der Waals surface area contributed by atoms with E-state index < -0.39 is 5.82 Å². The summed E-state index contributed by atoms with van der Waals surface area (Å²) in [4.78, 5) is 4.08. The Labute approximate surface area is 104 Å². The van der Waals surface area contributed by atoms with E-state index in [9.17, 15) is 4.39 Å². The third-order valence-electron chi connectivity index (χ3n) is 2.37. The van der Waals surface area contributed by atoms with Gasteiger partial charge in [-0.2, -0.15) is 0 Å². The van der Waals surface area contributed by atoms with Gasteiger partial charge >= 0.3 is 0 Å². The molecule has 0 spiro atoms. The number of rotatable bonds is 3. The van der Waals surface area contributed by atoms with E-state index in [0.717, 1.165) is 11.1 Å². The number of aryl methyl sites for hydroxylation is 1. The summed E-state index contributed by atoms with van der Waals surface area (Å²) in [5, 5.41) is 3.12. The summed E-state index contributed by atoms with van der Waals surface area (Å²) in [6, 6.07) is 6.89. The van der Waals surface area contributed by atoms with Gasteiger partial charge in [-0.1, -0.05) is 23.7 Å². The minimum atomic E-state index is -0.422. The lowest BCUT2D eigenvalue weighted by atomic mass is 10.2. The number of pyridine rings is 1. The van der Waals surface area contributed by atoms with Crippen LogP contribution in [0.15, 0.2) is 36.7 Å². The van der Waals surface area contributed by atoms with Gasteiger partial charge in [0.05, 0.1) is 10.7 Å². The van der Waals surface area contributed by atoms with E-state index in [0.29, 0.717) is 12.2 Å². The molecule has 1 N–H and O–H groups in total. The molecule has 1 heterocycles. The van der Waals surface area contributed by atoms with Crippen molar-refractivity contribution in [2.75, 3.05) is 5.32 Å². The van der Waals surface area contributed by atoms with Crippen molar-refractivity contribution >= 4 is 17.3 Å². The highest BCUT2D eigenvalue weighted by molar-refractivity contribution is 6.31. The maximum Gasteiger partial charge on any atom is 0.164 e. The third-order valence-corrected chi connectivity index (χ3v) is 2.66. The molecule has 0 bridgehead atoms. The Bertz CT molecular complexity index is 529. The SMILES string of the molecule is Cc1cncc(CNc2cccc(Cl)c2F)c1. The Kier molecular flexibility index (Phi) is 3.59. The summed E-state index contributed by atoms with van der Waals surface area (Å²) in [5.74, 6) is -0.422. The van der Waals surface area contributed by atoms with Gasteiger partial charge < -0.3 is 5.32 Å². The van der Waals surface area contributed by atoms with E-state index >= 15 is 0 Å². The normalized spacial score (nSPS) is 10.3. The summed E-state index contributed by atoms with van der Waals surface area (Å²) in [6.45, 7) is 2.49. The van der Waals surface area contributed by atoms with Crippen LogP contribution in [-0.4, -0.2) is 4.98 Å². The second-order valence-electron chi connectivity index (χ2n) is 3.83. The van der Waals surface area contributed by atoms with Gasteiger partial charge in [-0.15, -0.1) is 0 Å². The molecule has 88 valence electrons. The van der Waals surface area contributed by atoms with Crippen molar-refractivity contribution in [2.45, 2.75) is 13.5 Å².